The Hall–Kier alpha value is -0.670. The highest BCUT2D eigenvalue weighted by Crippen LogP contribution is 2.25. The second-order valence-corrected chi connectivity index (χ2v) is 4.88. The predicted molar refractivity (Wildman–Crippen MR) is 70.3 cm³/mol. The molecule has 1 aliphatic rings. The second-order valence-electron chi connectivity index (χ2n) is 4.52. The fourth-order valence-electron chi connectivity index (χ4n) is 2.31. The first-order valence-corrected chi connectivity index (χ1v) is 6.88. The normalized spacial score (nSPS) is 15.1. The zero-order chi connectivity index (χ0) is 12.3. The standard InChI is InChI=1S/C13H20ClN3/c1-3-17(4-2)9-12-15-11-8-6-5-7-10(11)13(14)16-12/h3-9H2,1-2H3. The van der Waals surface area contributed by atoms with Gasteiger partial charge < -0.3 is 0 Å². The van der Waals surface area contributed by atoms with Crippen molar-refractivity contribution in [1.82, 2.24) is 14.9 Å². The van der Waals surface area contributed by atoms with Crippen molar-refractivity contribution in [2.75, 3.05) is 13.1 Å². The fourth-order valence-corrected chi connectivity index (χ4v) is 2.62. The Balaban J connectivity index is 2.21. The molecule has 4 heteroatoms. The first-order chi connectivity index (χ1) is 8.24. The highest BCUT2D eigenvalue weighted by Gasteiger charge is 2.17. The van der Waals surface area contributed by atoms with Gasteiger partial charge in [-0.1, -0.05) is 25.4 Å². The zero-order valence-corrected chi connectivity index (χ0v) is 11.4. The molecule has 0 aromatic carbocycles. The summed E-state index contributed by atoms with van der Waals surface area (Å²) in [6, 6.07) is 0. The average molecular weight is 254 g/mol. The minimum Gasteiger partial charge on any atom is -0.296 e. The number of rotatable bonds is 4. The molecule has 3 nitrogen and oxygen atoms in total. The van der Waals surface area contributed by atoms with Crippen LogP contribution < -0.4 is 0 Å². The summed E-state index contributed by atoms with van der Waals surface area (Å²) in [4.78, 5) is 11.4. The van der Waals surface area contributed by atoms with Gasteiger partial charge in [0.05, 0.1) is 6.54 Å². The van der Waals surface area contributed by atoms with E-state index in [1.165, 1.54) is 24.1 Å². The molecule has 1 aliphatic carbocycles. The van der Waals surface area contributed by atoms with Crippen molar-refractivity contribution in [2.45, 2.75) is 46.1 Å². The number of hydrogen-bond acceptors (Lipinski definition) is 3. The molecule has 0 N–H and O–H groups in total. The molecule has 0 saturated carbocycles. The van der Waals surface area contributed by atoms with Crippen molar-refractivity contribution in [3.63, 3.8) is 0 Å². The van der Waals surface area contributed by atoms with Gasteiger partial charge in [0.2, 0.25) is 0 Å². The topological polar surface area (TPSA) is 29.0 Å². The molecule has 0 bridgehead atoms. The predicted octanol–water partition coefficient (Wildman–Crippen LogP) is 2.85. The third kappa shape index (κ3) is 2.96. The van der Waals surface area contributed by atoms with E-state index < -0.39 is 0 Å². The highest BCUT2D eigenvalue weighted by atomic mass is 35.5. The number of aromatic nitrogens is 2. The summed E-state index contributed by atoms with van der Waals surface area (Å²) in [6.07, 6.45) is 4.54. The molecule has 0 atom stereocenters. The Morgan fingerprint density at radius 1 is 1.12 bits per heavy atom. The van der Waals surface area contributed by atoms with Crippen molar-refractivity contribution < 1.29 is 0 Å². The maximum Gasteiger partial charge on any atom is 0.144 e. The van der Waals surface area contributed by atoms with Crippen molar-refractivity contribution in [3.8, 4) is 0 Å². The van der Waals surface area contributed by atoms with Crippen LogP contribution >= 0.6 is 11.6 Å². The SMILES string of the molecule is CCN(CC)Cc1nc(Cl)c2c(n1)CCCC2. The van der Waals surface area contributed by atoms with Crippen LogP contribution in [0.4, 0.5) is 0 Å². The molecule has 1 aromatic rings. The summed E-state index contributed by atoms with van der Waals surface area (Å²) in [6.45, 7) is 7.16. The lowest BCUT2D eigenvalue weighted by Gasteiger charge is -2.20. The van der Waals surface area contributed by atoms with Crippen molar-refractivity contribution in [3.05, 3.63) is 22.2 Å². The minimum atomic E-state index is 0.678. The molecule has 0 unspecified atom stereocenters. The smallest absolute Gasteiger partial charge is 0.144 e. The Morgan fingerprint density at radius 3 is 2.53 bits per heavy atom. The Morgan fingerprint density at radius 2 is 1.82 bits per heavy atom. The number of nitrogens with zero attached hydrogens (tertiary/aromatic N) is 3. The lowest BCUT2D eigenvalue weighted by atomic mass is 9.97. The van der Waals surface area contributed by atoms with Crippen molar-refractivity contribution in [1.29, 1.82) is 0 Å². The molecular formula is C13H20ClN3. The van der Waals surface area contributed by atoms with E-state index in [9.17, 15) is 0 Å². The first kappa shape index (κ1) is 12.8. The van der Waals surface area contributed by atoms with E-state index in [0.717, 1.165) is 38.3 Å². The molecule has 2 rings (SSSR count). The second kappa shape index (κ2) is 5.78. The monoisotopic (exact) mass is 253 g/mol. The summed E-state index contributed by atoms with van der Waals surface area (Å²) < 4.78 is 0. The van der Waals surface area contributed by atoms with Gasteiger partial charge in [0.15, 0.2) is 0 Å². The molecule has 1 aromatic heterocycles. The summed E-state index contributed by atoms with van der Waals surface area (Å²) in [5, 5.41) is 0.678. The number of hydrogen-bond donors (Lipinski definition) is 0. The van der Waals surface area contributed by atoms with E-state index >= 15 is 0 Å². The Bertz CT molecular complexity index is 388. The Labute approximate surface area is 108 Å². The third-order valence-corrected chi connectivity index (χ3v) is 3.75. The first-order valence-electron chi connectivity index (χ1n) is 6.51. The van der Waals surface area contributed by atoms with E-state index in [-0.39, 0.29) is 0 Å². The maximum atomic E-state index is 6.25. The van der Waals surface area contributed by atoms with Gasteiger partial charge in [0, 0.05) is 11.3 Å². The van der Waals surface area contributed by atoms with Gasteiger partial charge in [0.25, 0.3) is 0 Å². The maximum absolute atomic E-state index is 6.25. The van der Waals surface area contributed by atoms with Crippen LogP contribution in [-0.4, -0.2) is 28.0 Å². The van der Waals surface area contributed by atoms with Gasteiger partial charge in [0.1, 0.15) is 11.0 Å². The molecular weight excluding hydrogens is 234 g/mol. The highest BCUT2D eigenvalue weighted by molar-refractivity contribution is 6.30. The van der Waals surface area contributed by atoms with Crippen LogP contribution in [0.2, 0.25) is 5.15 Å². The van der Waals surface area contributed by atoms with Crippen molar-refractivity contribution >= 4 is 11.6 Å². The number of aryl methyl sites for hydroxylation is 1. The average Bonchev–Trinajstić information content (AvgIpc) is 2.36. The van der Waals surface area contributed by atoms with Gasteiger partial charge in [-0.2, -0.15) is 0 Å². The summed E-state index contributed by atoms with van der Waals surface area (Å²) in [5.74, 6) is 0.874. The molecule has 0 spiro atoms. The summed E-state index contributed by atoms with van der Waals surface area (Å²) in [7, 11) is 0. The van der Waals surface area contributed by atoms with Crippen LogP contribution in [0.5, 0.6) is 0 Å². The van der Waals surface area contributed by atoms with Crippen LogP contribution in [0, 0.1) is 0 Å². The van der Waals surface area contributed by atoms with Crippen LogP contribution in [0.1, 0.15) is 43.8 Å². The van der Waals surface area contributed by atoms with E-state index in [0.29, 0.717) is 5.15 Å². The molecule has 0 aliphatic heterocycles. The lowest BCUT2D eigenvalue weighted by molar-refractivity contribution is 0.287. The Kier molecular flexibility index (Phi) is 4.35. The van der Waals surface area contributed by atoms with Gasteiger partial charge >= 0.3 is 0 Å². The number of fused-ring (bicyclic) bond motifs is 1. The van der Waals surface area contributed by atoms with E-state index in [4.69, 9.17) is 11.6 Å². The van der Waals surface area contributed by atoms with Gasteiger partial charge in [-0.05, 0) is 38.8 Å². The van der Waals surface area contributed by atoms with Crippen LogP contribution in [0.15, 0.2) is 0 Å². The summed E-state index contributed by atoms with van der Waals surface area (Å²) in [5.41, 5.74) is 2.36. The van der Waals surface area contributed by atoms with E-state index in [2.05, 4.69) is 28.7 Å². The van der Waals surface area contributed by atoms with E-state index in [1.54, 1.807) is 0 Å². The molecule has 0 radical (unpaired) electrons. The third-order valence-electron chi connectivity index (χ3n) is 3.44. The molecule has 17 heavy (non-hydrogen) atoms. The van der Waals surface area contributed by atoms with Crippen LogP contribution in [0.25, 0.3) is 0 Å². The van der Waals surface area contributed by atoms with Crippen LogP contribution in [-0.2, 0) is 19.4 Å². The van der Waals surface area contributed by atoms with Crippen molar-refractivity contribution in [2.24, 2.45) is 0 Å². The zero-order valence-electron chi connectivity index (χ0n) is 10.7. The van der Waals surface area contributed by atoms with Gasteiger partial charge in [-0.3, -0.25) is 4.90 Å². The largest absolute Gasteiger partial charge is 0.296 e. The molecule has 1 heterocycles. The molecule has 0 saturated heterocycles. The quantitative estimate of drug-likeness (QED) is 0.773. The molecule has 0 fully saturated rings. The summed E-state index contributed by atoms with van der Waals surface area (Å²) >= 11 is 6.25. The fraction of sp³-hybridized carbons (Fsp3) is 0.692. The minimum absolute atomic E-state index is 0.678. The molecule has 94 valence electrons. The van der Waals surface area contributed by atoms with Crippen LogP contribution in [0.3, 0.4) is 0 Å². The number of halogens is 1. The van der Waals surface area contributed by atoms with E-state index in [1.807, 2.05) is 0 Å². The van der Waals surface area contributed by atoms with Gasteiger partial charge in [-0.25, -0.2) is 9.97 Å². The molecule has 0 amide bonds. The lowest BCUT2D eigenvalue weighted by Crippen LogP contribution is -2.24. The van der Waals surface area contributed by atoms with Gasteiger partial charge in [-0.15, -0.1) is 0 Å².